The maximum atomic E-state index is 11.8. The molecule has 1 unspecified atom stereocenters. The van der Waals surface area contributed by atoms with Crippen LogP contribution in [0.1, 0.15) is 16.8 Å². The third kappa shape index (κ3) is 1.28. The van der Waals surface area contributed by atoms with Gasteiger partial charge >= 0.3 is 0 Å². The lowest BCUT2D eigenvalue weighted by Gasteiger charge is -2.06. The van der Waals surface area contributed by atoms with Crippen molar-refractivity contribution in [3.63, 3.8) is 0 Å². The van der Waals surface area contributed by atoms with Gasteiger partial charge in [0.15, 0.2) is 0 Å². The fourth-order valence-corrected chi connectivity index (χ4v) is 2.12. The van der Waals surface area contributed by atoms with Gasteiger partial charge in [0.25, 0.3) is 5.56 Å². The number of hydrogen-bond donors (Lipinski definition) is 0. The Labute approximate surface area is 83.3 Å². The Kier molecular flexibility index (Phi) is 2.19. The van der Waals surface area contributed by atoms with Crippen LogP contribution >= 0.6 is 0 Å². The van der Waals surface area contributed by atoms with Crippen LogP contribution in [-0.2, 0) is 17.7 Å². The summed E-state index contributed by atoms with van der Waals surface area (Å²) in [6.07, 6.45) is 1.03. The Morgan fingerprint density at radius 1 is 1.43 bits per heavy atom. The molecule has 0 fully saturated rings. The molecule has 1 aromatic heterocycles. The molecule has 1 aliphatic rings. The molecule has 76 valence electrons. The van der Waals surface area contributed by atoms with Crippen LogP contribution in [0.5, 0.6) is 0 Å². The maximum absolute atomic E-state index is 11.8. The van der Waals surface area contributed by atoms with Gasteiger partial charge in [-0.25, -0.2) is 0 Å². The van der Waals surface area contributed by atoms with E-state index in [1.807, 2.05) is 17.6 Å². The molecule has 0 saturated carbocycles. The van der Waals surface area contributed by atoms with Gasteiger partial charge in [-0.3, -0.25) is 4.79 Å². The SMILES string of the molecule is COC1Cc2c(C)cc(C)c(=O)n2C1. The van der Waals surface area contributed by atoms with Crippen molar-refractivity contribution < 1.29 is 4.74 Å². The quantitative estimate of drug-likeness (QED) is 0.667. The third-order valence-electron chi connectivity index (χ3n) is 2.94. The molecular formula is C11H15NO2. The van der Waals surface area contributed by atoms with E-state index in [1.165, 1.54) is 5.56 Å². The van der Waals surface area contributed by atoms with Crippen molar-refractivity contribution in [2.75, 3.05) is 7.11 Å². The summed E-state index contributed by atoms with van der Waals surface area (Å²) in [6, 6.07) is 1.96. The molecule has 0 N–H and O–H groups in total. The Bertz CT molecular complexity index is 420. The standard InChI is InChI=1S/C11H15NO2/c1-7-4-8(2)11(13)12-6-9(14-3)5-10(7)12/h4,9H,5-6H2,1-3H3. The molecule has 0 bridgehead atoms. The fourth-order valence-electron chi connectivity index (χ4n) is 2.12. The molecule has 3 heteroatoms. The van der Waals surface area contributed by atoms with Crippen molar-refractivity contribution in [1.82, 2.24) is 4.57 Å². The van der Waals surface area contributed by atoms with Crippen molar-refractivity contribution in [1.29, 1.82) is 0 Å². The molecule has 0 aliphatic carbocycles. The lowest BCUT2D eigenvalue weighted by atomic mass is 10.1. The number of methoxy groups -OCH3 is 1. The molecule has 1 aromatic rings. The van der Waals surface area contributed by atoms with Gasteiger partial charge in [0.1, 0.15) is 0 Å². The van der Waals surface area contributed by atoms with E-state index in [1.54, 1.807) is 7.11 Å². The molecular weight excluding hydrogens is 178 g/mol. The van der Waals surface area contributed by atoms with E-state index < -0.39 is 0 Å². The van der Waals surface area contributed by atoms with Crippen LogP contribution in [0.2, 0.25) is 0 Å². The van der Waals surface area contributed by atoms with Crippen LogP contribution in [0, 0.1) is 13.8 Å². The second-order valence-electron chi connectivity index (χ2n) is 3.93. The van der Waals surface area contributed by atoms with Crippen LogP contribution in [0.25, 0.3) is 0 Å². The number of pyridine rings is 1. The Morgan fingerprint density at radius 3 is 2.79 bits per heavy atom. The molecule has 0 amide bonds. The van der Waals surface area contributed by atoms with Gasteiger partial charge in [-0.1, -0.05) is 0 Å². The zero-order valence-electron chi connectivity index (χ0n) is 8.83. The van der Waals surface area contributed by atoms with E-state index in [0.717, 1.165) is 17.7 Å². The first-order valence-corrected chi connectivity index (χ1v) is 4.86. The van der Waals surface area contributed by atoms with Gasteiger partial charge < -0.3 is 9.30 Å². The molecule has 3 nitrogen and oxygen atoms in total. The second kappa shape index (κ2) is 3.24. The summed E-state index contributed by atoms with van der Waals surface area (Å²) >= 11 is 0. The topological polar surface area (TPSA) is 31.2 Å². The Morgan fingerprint density at radius 2 is 2.14 bits per heavy atom. The number of rotatable bonds is 1. The molecule has 2 heterocycles. The summed E-state index contributed by atoms with van der Waals surface area (Å²) in [5.41, 5.74) is 3.28. The van der Waals surface area contributed by atoms with Crippen molar-refractivity contribution >= 4 is 0 Å². The van der Waals surface area contributed by atoms with E-state index in [-0.39, 0.29) is 11.7 Å². The highest BCUT2D eigenvalue weighted by Gasteiger charge is 2.23. The summed E-state index contributed by atoms with van der Waals surface area (Å²) in [5.74, 6) is 0. The van der Waals surface area contributed by atoms with Crippen molar-refractivity contribution in [2.24, 2.45) is 0 Å². The Hall–Kier alpha value is -1.09. The molecule has 0 radical (unpaired) electrons. The highest BCUT2D eigenvalue weighted by Crippen LogP contribution is 2.18. The summed E-state index contributed by atoms with van der Waals surface area (Å²) in [7, 11) is 1.70. The summed E-state index contributed by atoms with van der Waals surface area (Å²) < 4.78 is 7.13. The average molecular weight is 193 g/mol. The number of aromatic nitrogens is 1. The van der Waals surface area contributed by atoms with Crippen LogP contribution in [0.3, 0.4) is 0 Å². The number of nitrogens with zero attached hydrogens (tertiary/aromatic N) is 1. The molecule has 14 heavy (non-hydrogen) atoms. The molecule has 0 spiro atoms. The summed E-state index contributed by atoms with van der Waals surface area (Å²) in [5, 5.41) is 0. The highest BCUT2D eigenvalue weighted by atomic mass is 16.5. The zero-order chi connectivity index (χ0) is 10.3. The van der Waals surface area contributed by atoms with E-state index in [9.17, 15) is 4.79 Å². The highest BCUT2D eigenvalue weighted by molar-refractivity contribution is 5.27. The van der Waals surface area contributed by atoms with Crippen LogP contribution in [0.4, 0.5) is 0 Å². The zero-order valence-corrected chi connectivity index (χ0v) is 8.83. The molecule has 1 atom stereocenters. The van der Waals surface area contributed by atoms with E-state index in [0.29, 0.717) is 6.54 Å². The van der Waals surface area contributed by atoms with Gasteiger partial charge in [-0.05, 0) is 25.5 Å². The monoisotopic (exact) mass is 193 g/mol. The number of fused-ring (bicyclic) bond motifs is 1. The van der Waals surface area contributed by atoms with Gasteiger partial charge in [0.05, 0.1) is 12.6 Å². The second-order valence-corrected chi connectivity index (χ2v) is 3.93. The number of hydrogen-bond acceptors (Lipinski definition) is 2. The normalized spacial score (nSPS) is 19.8. The smallest absolute Gasteiger partial charge is 0.253 e. The lowest BCUT2D eigenvalue weighted by Crippen LogP contribution is -2.23. The number of ether oxygens (including phenoxy) is 1. The minimum absolute atomic E-state index is 0.130. The maximum Gasteiger partial charge on any atom is 0.253 e. The minimum Gasteiger partial charge on any atom is -0.379 e. The van der Waals surface area contributed by atoms with Gasteiger partial charge in [-0.2, -0.15) is 0 Å². The first-order valence-electron chi connectivity index (χ1n) is 4.86. The van der Waals surface area contributed by atoms with Gasteiger partial charge in [0.2, 0.25) is 0 Å². The predicted molar refractivity (Wildman–Crippen MR) is 54.7 cm³/mol. The van der Waals surface area contributed by atoms with E-state index in [4.69, 9.17) is 4.74 Å². The first kappa shape index (κ1) is 9.46. The van der Waals surface area contributed by atoms with Gasteiger partial charge in [-0.15, -0.1) is 0 Å². The van der Waals surface area contributed by atoms with E-state index in [2.05, 4.69) is 6.92 Å². The molecule has 0 aromatic carbocycles. The van der Waals surface area contributed by atoms with Crippen LogP contribution in [-0.4, -0.2) is 17.8 Å². The lowest BCUT2D eigenvalue weighted by molar-refractivity contribution is 0.103. The molecule has 1 aliphatic heterocycles. The van der Waals surface area contributed by atoms with Crippen molar-refractivity contribution in [2.45, 2.75) is 32.9 Å². The van der Waals surface area contributed by atoms with E-state index >= 15 is 0 Å². The Balaban J connectivity index is 2.56. The van der Waals surface area contributed by atoms with Crippen LogP contribution in [0.15, 0.2) is 10.9 Å². The molecule has 2 rings (SSSR count). The van der Waals surface area contributed by atoms with Crippen molar-refractivity contribution in [3.8, 4) is 0 Å². The minimum atomic E-state index is 0.130. The third-order valence-corrected chi connectivity index (χ3v) is 2.94. The first-order chi connectivity index (χ1) is 6.63. The fraction of sp³-hybridized carbons (Fsp3) is 0.545. The average Bonchev–Trinajstić information content (AvgIpc) is 2.58. The summed E-state index contributed by atoms with van der Waals surface area (Å²) in [4.78, 5) is 11.8. The van der Waals surface area contributed by atoms with Crippen molar-refractivity contribution in [3.05, 3.63) is 33.2 Å². The largest absolute Gasteiger partial charge is 0.379 e. The van der Waals surface area contributed by atoms with Crippen LogP contribution < -0.4 is 5.56 Å². The number of aryl methyl sites for hydroxylation is 2. The molecule has 0 saturated heterocycles. The summed E-state index contributed by atoms with van der Waals surface area (Å²) in [6.45, 7) is 4.62. The predicted octanol–water partition coefficient (Wildman–Crippen LogP) is 1.04. The van der Waals surface area contributed by atoms with Gasteiger partial charge in [0, 0.05) is 24.8 Å².